The Hall–Kier alpha value is -2.58. The van der Waals surface area contributed by atoms with Gasteiger partial charge in [-0.05, 0) is 42.0 Å². The maximum absolute atomic E-state index is 12.5. The number of hydrogen-bond donors (Lipinski definition) is 1. The fourth-order valence-electron chi connectivity index (χ4n) is 2.65. The van der Waals surface area contributed by atoms with Gasteiger partial charge >= 0.3 is 0 Å². The van der Waals surface area contributed by atoms with Gasteiger partial charge in [0.1, 0.15) is 0 Å². The van der Waals surface area contributed by atoms with E-state index in [2.05, 4.69) is 10.3 Å². The second-order valence-electron chi connectivity index (χ2n) is 6.14. The van der Waals surface area contributed by atoms with Crippen molar-refractivity contribution in [1.82, 2.24) is 19.8 Å². The zero-order valence-corrected chi connectivity index (χ0v) is 16.6. The van der Waals surface area contributed by atoms with Gasteiger partial charge in [-0.2, -0.15) is 0 Å². The smallest absolute Gasteiger partial charge is 0.293 e. The number of nitrogens with zero attached hydrogens (tertiary/aromatic N) is 3. The van der Waals surface area contributed by atoms with Crippen molar-refractivity contribution < 1.29 is 14.4 Å². The molecule has 1 N–H and O–H groups in total. The van der Waals surface area contributed by atoms with Crippen LogP contribution in [0.25, 0.3) is 6.08 Å². The van der Waals surface area contributed by atoms with E-state index in [9.17, 15) is 14.4 Å². The molecule has 2 aromatic rings. The number of hydrogen-bond acceptors (Lipinski definition) is 5. The molecular weight excluding hydrogens is 400 g/mol. The molecule has 1 aromatic carbocycles. The number of thioether (sulfide) groups is 1. The van der Waals surface area contributed by atoms with Crippen molar-refractivity contribution >= 4 is 46.5 Å². The highest BCUT2D eigenvalue weighted by Gasteiger charge is 2.34. The van der Waals surface area contributed by atoms with Crippen molar-refractivity contribution in [3.63, 3.8) is 0 Å². The molecular formula is C19H19ClN4O3S. The molecule has 1 saturated heterocycles. The van der Waals surface area contributed by atoms with Gasteiger partial charge < -0.3 is 9.88 Å². The summed E-state index contributed by atoms with van der Waals surface area (Å²) in [6.07, 6.45) is 7.76. The Morgan fingerprint density at radius 1 is 1.29 bits per heavy atom. The second kappa shape index (κ2) is 9.57. The number of nitrogens with one attached hydrogen (secondary N) is 1. The number of aromatic nitrogens is 2. The zero-order valence-electron chi connectivity index (χ0n) is 15.0. The van der Waals surface area contributed by atoms with Crippen LogP contribution in [0.1, 0.15) is 18.4 Å². The van der Waals surface area contributed by atoms with Gasteiger partial charge in [0.2, 0.25) is 5.91 Å². The maximum atomic E-state index is 12.5. The summed E-state index contributed by atoms with van der Waals surface area (Å²) in [6.45, 7) is 1.34. The number of aryl methyl sites for hydroxylation is 1. The molecule has 0 spiro atoms. The number of benzene rings is 1. The van der Waals surface area contributed by atoms with Crippen LogP contribution < -0.4 is 5.32 Å². The fraction of sp³-hybridized carbons (Fsp3) is 0.263. The summed E-state index contributed by atoms with van der Waals surface area (Å²) in [7, 11) is 0. The van der Waals surface area contributed by atoms with Crippen LogP contribution >= 0.6 is 23.4 Å². The highest BCUT2D eigenvalue weighted by Crippen LogP contribution is 2.32. The van der Waals surface area contributed by atoms with Crippen LogP contribution in [0.5, 0.6) is 0 Å². The molecule has 0 radical (unpaired) electrons. The molecule has 146 valence electrons. The molecule has 0 unspecified atom stereocenters. The Kier molecular flexibility index (Phi) is 6.89. The summed E-state index contributed by atoms with van der Waals surface area (Å²) in [5.41, 5.74) is 0.744. The summed E-state index contributed by atoms with van der Waals surface area (Å²) in [6, 6.07) is 7.03. The van der Waals surface area contributed by atoms with Gasteiger partial charge in [-0.1, -0.05) is 23.7 Å². The van der Waals surface area contributed by atoms with E-state index in [-0.39, 0.29) is 30.0 Å². The molecule has 0 aliphatic carbocycles. The lowest BCUT2D eigenvalue weighted by atomic mass is 10.2. The molecule has 1 aromatic heterocycles. The van der Waals surface area contributed by atoms with Crippen molar-refractivity contribution in [1.29, 1.82) is 0 Å². The van der Waals surface area contributed by atoms with Crippen molar-refractivity contribution in [2.45, 2.75) is 19.4 Å². The summed E-state index contributed by atoms with van der Waals surface area (Å²) >= 11 is 6.81. The van der Waals surface area contributed by atoms with E-state index in [1.54, 1.807) is 42.9 Å². The number of imidazole rings is 1. The van der Waals surface area contributed by atoms with Gasteiger partial charge in [-0.25, -0.2) is 4.98 Å². The minimum absolute atomic E-state index is 0.0604. The van der Waals surface area contributed by atoms with Crippen LogP contribution in [0.2, 0.25) is 5.02 Å². The molecule has 2 heterocycles. The van der Waals surface area contributed by atoms with Gasteiger partial charge in [-0.15, -0.1) is 0 Å². The standard InChI is InChI=1S/C19H19ClN4O3S/c20-15-4-1-3-14(11-15)12-16-18(26)24(19(27)28-16)9-5-17(25)22-6-2-8-23-10-7-21-13-23/h1,3-4,7,10-13H,2,5-6,8-9H2,(H,22,25)/b16-12-. The van der Waals surface area contributed by atoms with Crippen molar-refractivity contribution in [2.75, 3.05) is 13.1 Å². The molecule has 1 fully saturated rings. The lowest BCUT2D eigenvalue weighted by molar-refractivity contribution is -0.124. The minimum atomic E-state index is -0.386. The van der Waals surface area contributed by atoms with E-state index in [1.807, 2.05) is 10.8 Å². The lowest BCUT2D eigenvalue weighted by Gasteiger charge is -2.12. The molecule has 3 rings (SSSR count). The molecule has 0 atom stereocenters. The van der Waals surface area contributed by atoms with E-state index in [0.29, 0.717) is 16.5 Å². The molecule has 28 heavy (non-hydrogen) atoms. The van der Waals surface area contributed by atoms with Crippen LogP contribution in [0.3, 0.4) is 0 Å². The van der Waals surface area contributed by atoms with Gasteiger partial charge in [0.05, 0.1) is 11.2 Å². The summed E-state index contributed by atoms with van der Waals surface area (Å²) in [5.74, 6) is -0.577. The minimum Gasteiger partial charge on any atom is -0.356 e. The monoisotopic (exact) mass is 418 g/mol. The molecule has 9 heteroatoms. The number of carbonyl (C=O) groups is 3. The third-order valence-electron chi connectivity index (χ3n) is 4.06. The predicted molar refractivity (Wildman–Crippen MR) is 109 cm³/mol. The average molecular weight is 419 g/mol. The zero-order chi connectivity index (χ0) is 19.9. The van der Waals surface area contributed by atoms with Gasteiger partial charge in [0.15, 0.2) is 0 Å². The normalized spacial score (nSPS) is 15.5. The largest absolute Gasteiger partial charge is 0.356 e. The first-order valence-electron chi connectivity index (χ1n) is 8.76. The van der Waals surface area contributed by atoms with Gasteiger partial charge in [0, 0.05) is 43.5 Å². The Bertz CT molecular complexity index is 898. The van der Waals surface area contributed by atoms with E-state index < -0.39 is 0 Å². The number of imide groups is 1. The summed E-state index contributed by atoms with van der Waals surface area (Å²) in [4.78, 5) is 41.9. The summed E-state index contributed by atoms with van der Waals surface area (Å²) in [5, 5.41) is 2.98. The Morgan fingerprint density at radius 2 is 2.14 bits per heavy atom. The first kappa shape index (κ1) is 20.2. The van der Waals surface area contributed by atoms with Crippen LogP contribution in [-0.4, -0.2) is 44.6 Å². The quantitative estimate of drug-likeness (QED) is 0.525. The van der Waals surface area contributed by atoms with Crippen molar-refractivity contribution in [2.24, 2.45) is 0 Å². The molecule has 0 saturated carbocycles. The third kappa shape index (κ3) is 5.46. The Morgan fingerprint density at radius 3 is 2.89 bits per heavy atom. The SMILES string of the molecule is O=C(CCN1C(=O)S/C(=C\c2cccc(Cl)c2)C1=O)NCCCn1ccnc1. The number of carbonyl (C=O) groups excluding carboxylic acids is 3. The molecule has 1 aliphatic heterocycles. The van der Waals surface area contributed by atoms with Crippen molar-refractivity contribution in [3.8, 4) is 0 Å². The fourth-order valence-corrected chi connectivity index (χ4v) is 3.71. The molecule has 1 aliphatic rings. The topological polar surface area (TPSA) is 84.3 Å². The summed E-state index contributed by atoms with van der Waals surface area (Å²) < 4.78 is 1.93. The molecule has 7 nitrogen and oxygen atoms in total. The van der Waals surface area contributed by atoms with Crippen LogP contribution in [0.4, 0.5) is 4.79 Å². The van der Waals surface area contributed by atoms with E-state index in [0.717, 1.165) is 35.2 Å². The molecule has 0 bridgehead atoms. The van der Waals surface area contributed by atoms with Gasteiger partial charge in [-0.3, -0.25) is 19.3 Å². The second-order valence-corrected chi connectivity index (χ2v) is 7.57. The van der Waals surface area contributed by atoms with Crippen LogP contribution in [0.15, 0.2) is 47.9 Å². The number of amides is 3. The van der Waals surface area contributed by atoms with Crippen LogP contribution in [0, 0.1) is 0 Å². The van der Waals surface area contributed by atoms with Gasteiger partial charge in [0.25, 0.3) is 11.1 Å². The first-order valence-corrected chi connectivity index (χ1v) is 9.96. The predicted octanol–water partition coefficient (Wildman–Crippen LogP) is 3.17. The maximum Gasteiger partial charge on any atom is 0.293 e. The highest BCUT2D eigenvalue weighted by molar-refractivity contribution is 8.18. The lowest BCUT2D eigenvalue weighted by Crippen LogP contribution is -2.34. The number of halogens is 1. The van der Waals surface area contributed by atoms with Crippen LogP contribution in [-0.2, 0) is 16.1 Å². The Labute approximate surface area is 171 Å². The number of rotatable bonds is 8. The van der Waals surface area contributed by atoms with E-state index >= 15 is 0 Å². The van der Waals surface area contributed by atoms with E-state index in [4.69, 9.17) is 11.6 Å². The van der Waals surface area contributed by atoms with E-state index in [1.165, 1.54) is 0 Å². The average Bonchev–Trinajstić information content (AvgIpc) is 3.26. The third-order valence-corrected chi connectivity index (χ3v) is 5.20. The molecule has 3 amide bonds. The first-order chi connectivity index (χ1) is 13.5. The highest BCUT2D eigenvalue weighted by atomic mass is 35.5. The van der Waals surface area contributed by atoms with Crippen molar-refractivity contribution in [3.05, 3.63) is 58.5 Å². The Balaban J connectivity index is 1.45.